The van der Waals surface area contributed by atoms with E-state index in [1.807, 2.05) is 0 Å². The Bertz CT molecular complexity index is 552. The summed E-state index contributed by atoms with van der Waals surface area (Å²) in [7, 11) is 0. The minimum Gasteiger partial charge on any atom is -0.483 e. The average Bonchev–Trinajstić information content (AvgIpc) is 2.86. The third-order valence-electron chi connectivity index (χ3n) is 3.43. The third-order valence-corrected chi connectivity index (χ3v) is 4.05. The Hall–Kier alpha value is -1.63. The zero-order valence-electron chi connectivity index (χ0n) is 11.1. The van der Waals surface area contributed by atoms with Crippen LogP contribution in [0.2, 0.25) is 0 Å². The van der Waals surface area contributed by atoms with Crippen molar-refractivity contribution in [2.45, 2.75) is 25.3 Å². The van der Waals surface area contributed by atoms with Crippen molar-refractivity contribution >= 4 is 27.8 Å². The highest BCUT2D eigenvalue weighted by molar-refractivity contribution is 9.10. The van der Waals surface area contributed by atoms with Gasteiger partial charge in [-0.15, -0.1) is 0 Å². The molecule has 114 valence electrons. The van der Waals surface area contributed by atoms with Gasteiger partial charge in [0.25, 0.3) is 5.91 Å². The number of amides is 1. The number of aliphatic carboxylic acids is 1. The smallest absolute Gasteiger partial charge is 0.308 e. The van der Waals surface area contributed by atoms with E-state index in [0.717, 1.165) is 6.42 Å². The fourth-order valence-electron chi connectivity index (χ4n) is 2.41. The van der Waals surface area contributed by atoms with Gasteiger partial charge in [0, 0.05) is 6.04 Å². The molecule has 5 nitrogen and oxygen atoms in total. The minimum atomic E-state index is -0.889. The molecule has 0 bridgehead atoms. The molecule has 0 radical (unpaired) electrons. The van der Waals surface area contributed by atoms with Gasteiger partial charge < -0.3 is 15.2 Å². The van der Waals surface area contributed by atoms with Gasteiger partial charge in [0.1, 0.15) is 11.6 Å². The lowest BCUT2D eigenvalue weighted by Crippen LogP contribution is -2.42. The van der Waals surface area contributed by atoms with Crippen molar-refractivity contribution in [3.8, 4) is 5.75 Å². The Morgan fingerprint density at radius 3 is 2.86 bits per heavy atom. The van der Waals surface area contributed by atoms with Crippen molar-refractivity contribution in [3.05, 3.63) is 28.5 Å². The molecule has 1 aliphatic rings. The molecule has 1 fully saturated rings. The number of ether oxygens (including phenoxy) is 1. The van der Waals surface area contributed by atoms with E-state index < -0.39 is 17.7 Å². The SMILES string of the molecule is O=C(COc1ccc(F)cc1Br)N[C@H]1CCC[C@H]1C(=O)O. The summed E-state index contributed by atoms with van der Waals surface area (Å²) in [6, 6.07) is 3.54. The second-order valence-electron chi connectivity index (χ2n) is 4.91. The molecule has 1 amide bonds. The second kappa shape index (κ2) is 6.89. The summed E-state index contributed by atoms with van der Waals surface area (Å²) in [4.78, 5) is 22.8. The Labute approximate surface area is 129 Å². The van der Waals surface area contributed by atoms with E-state index in [1.165, 1.54) is 18.2 Å². The maximum atomic E-state index is 12.9. The summed E-state index contributed by atoms with van der Waals surface area (Å²) < 4.78 is 18.6. The summed E-state index contributed by atoms with van der Waals surface area (Å²) in [5, 5.41) is 11.7. The van der Waals surface area contributed by atoms with Gasteiger partial charge >= 0.3 is 5.97 Å². The summed E-state index contributed by atoms with van der Waals surface area (Å²) >= 11 is 3.14. The molecule has 1 aromatic carbocycles. The number of carboxylic acid groups (broad SMARTS) is 1. The molecule has 2 N–H and O–H groups in total. The lowest BCUT2D eigenvalue weighted by atomic mass is 10.0. The lowest BCUT2D eigenvalue weighted by Gasteiger charge is -2.17. The van der Waals surface area contributed by atoms with Crippen molar-refractivity contribution in [3.63, 3.8) is 0 Å². The summed E-state index contributed by atoms with van der Waals surface area (Å²) in [6.07, 6.45) is 2.01. The first kappa shape index (κ1) is 15.8. The quantitative estimate of drug-likeness (QED) is 0.845. The highest BCUT2D eigenvalue weighted by Crippen LogP contribution is 2.27. The van der Waals surface area contributed by atoms with Gasteiger partial charge in [0.05, 0.1) is 10.4 Å². The number of hydrogen-bond donors (Lipinski definition) is 2. The molecular formula is C14H15BrFNO4. The standard InChI is InChI=1S/C14H15BrFNO4/c15-10-6-8(16)4-5-12(10)21-7-13(18)17-11-3-1-2-9(11)14(19)20/h4-6,9,11H,1-3,7H2,(H,17,18)(H,19,20)/t9-,11+/m1/s1. The van der Waals surface area contributed by atoms with E-state index in [2.05, 4.69) is 21.2 Å². The van der Waals surface area contributed by atoms with E-state index in [1.54, 1.807) is 0 Å². The Balaban J connectivity index is 1.86. The van der Waals surface area contributed by atoms with Gasteiger partial charge in [-0.2, -0.15) is 0 Å². The number of carboxylic acids is 1. The molecule has 1 saturated carbocycles. The van der Waals surface area contributed by atoms with Gasteiger partial charge in [-0.05, 0) is 47.0 Å². The fraction of sp³-hybridized carbons (Fsp3) is 0.429. The fourth-order valence-corrected chi connectivity index (χ4v) is 2.88. The molecule has 7 heteroatoms. The second-order valence-corrected chi connectivity index (χ2v) is 5.77. The summed E-state index contributed by atoms with van der Waals surface area (Å²) in [5.74, 6) is -1.86. The highest BCUT2D eigenvalue weighted by atomic mass is 79.9. The van der Waals surface area contributed by atoms with Gasteiger partial charge in [0.15, 0.2) is 6.61 Å². The van der Waals surface area contributed by atoms with E-state index in [4.69, 9.17) is 9.84 Å². The number of hydrogen-bond acceptors (Lipinski definition) is 3. The van der Waals surface area contributed by atoms with E-state index >= 15 is 0 Å². The van der Waals surface area contributed by atoms with Gasteiger partial charge in [-0.1, -0.05) is 6.42 Å². The molecule has 0 heterocycles. The number of carbonyl (C=O) groups is 2. The molecule has 0 aromatic heterocycles. The molecule has 0 aliphatic heterocycles. The number of rotatable bonds is 5. The van der Waals surface area contributed by atoms with E-state index in [9.17, 15) is 14.0 Å². The van der Waals surface area contributed by atoms with Crippen LogP contribution in [-0.4, -0.2) is 29.6 Å². The first-order valence-electron chi connectivity index (χ1n) is 6.57. The van der Waals surface area contributed by atoms with E-state index in [0.29, 0.717) is 23.1 Å². The largest absolute Gasteiger partial charge is 0.483 e. The van der Waals surface area contributed by atoms with Crippen LogP contribution in [0.15, 0.2) is 22.7 Å². The molecule has 1 aromatic rings. The van der Waals surface area contributed by atoms with Crippen LogP contribution in [0, 0.1) is 11.7 Å². The molecule has 0 unspecified atom stereocenters. The van der Waals surface area contributed by atoms with Gasteiger partial charge in [0.2, 0.25) is 0 Å². The molecule has 2 atom stereocenters. The molecule has 0 spiro atoms. The summed E-state index contributed by atoms with van der Waals surface area (Å²) in [5.41, 5.74) is 0. The number of halogens is 2. The number of nitrogens with one attached hydrogen (secondary N) is 1. The Morgan fingerprint density at radius 2 is 2.19 bits per heavy atom. The van der Waals surface area contributed by atoms with Crippen LogP contribution in [0.3, 0.4) is 0 Å². The van der Waals surface area contributed by atoms with Gasteiger partial charge in [-0.3, -0.25) is 9.59 Å². The maximum absolute atomic E-state index is 12.9. The molecular weight excluding hydrogens is 345 g/mol. The van der Waals surface area contributed by atoms with Crippen LogP contribution >= 0.6 is 15.9 Å². The lowest BCUT2D eigenvalue weighted by molar-refractivity contribution is -0.142. The number of benzene rings is 1. The first-order valence-corrected chi connectivity index (χ1v) is 7.36. The van der Waals surface area contributed by atoms with Crippen molar-refractivity contribution in [1.29, 1.82) is 0 Å². The zero-order chi connectivity index (χ0) is 15.4. The van der Waals surface area contributed by atoms with Crippen LogP contribution < -0.4 is 10.1 Å². The monoisotopic (exact) mass is 359 g/mol. The number of carbonyl (C=O) groups excluding carboxylic acids is 1. The molecule has 21 heavy (non-hydrogen) atoms. The molecule has 2 rings (SSSR count). The summed E-state index contributed by atoms with van der Waals surface area (Å²) in [6.45, 7) is -0.243. The predicted molar refractivity (Wildman–Crippen MR) is 76.5 cm³/mol. The first-order chi connectivity index (χ1) is 9.97. The topological polar surface area (TPSA) is 75.6 Å². The van der Waals surface area contributed by atoms with Crippen molar-refractivity contribution in [2.75, 3.05) is 6.61 Å². The highest BCUT2D eigenvalue weighted by Gasteiger charge is 2.33. The van der Waals surface area contributed by atoms with Gasteiger partial charge in [-0.25, -0.2) is 4.39 Å². The zero-order valence-corrected chi connectivity index (χ0v) is 12.7. The Kier molecular flexibility index (Phi) is 5.17. The van der Waals surface area contributed by atoms with Crippen LogP contribution in [0.4, 0.5) is 4.39 Å². The minimum absolute atomic E-state index is 0.243. The Morgan fingerprint density at radius 1 is 1.43 bits per heavy atom. The van der Waals surface area contributed by atoms with Crippen molar-refractivity contribution in [2.24, 2.45) is 5.92 Å². The van der Waals surface area contributed by atoms with Crippen molar-refractivity contribution in [1.82, 2.24) is 5.32 Å². The average molecular weight is 360 g/mol. The van der Waals surface area contributed by atoms with E-state index in [-0.39, 0.29) is 18.6 Å². The molecule has 1 aliphatic carbocycles. The third kappa shape index (κ3) is 4.17. The normalized spacial score (nSPS) is 21.0. The van der Waals surface area contributed by atoms with Crippen LogP contribution in [0.25, 0.3) is 0 Å². The van der Waals surface area contributed by atoms with Crippen LogP contribution in [-0.2, 0) is 9.59 Å². The maximum Gasteiger partial charge on any atom is 0.308 e. The molecule has 0 saturated heterocycles. The van der Waals surface area contributed by atoms with Crippen molar-refractivity contribution < 1.29 is 23.8 Å². The van der Waals surface area contributed by atoms with Crippen LogP contribution in [0.5, 0.6) is 5.75 Å². The predicted octanol–water partition coefficient (Wildman–Crippen LogP) is 2.34. The van der Waals surface area contributed by atoms with Crippen LogP contribution in [0.1, 0.15) is 19.3 Å².